The summed E-state index contributed by atoms with van der Waals surface area (Å²) in [4.78, 5) is 0. The fourth-order valence-electron chi connectivity index (χ4n) is 3.70. The van der Waals surface area contributed by atoms with Crippen molar-refractivity contribution in [1.29, 1.82) is 0 Å². The summed E-state index contributed by atoms with van der Waals surface area (Å²) in [7, 11) is 0. The summed E-state index contributed by atoms with van der Waals surface area (Å²) in [6.45, 7) is 2.64. The van der Waals surface area contributed by atoms with Crippen molar-refractivity contribution in [3.63, 3.8) is 0 Å². The molecule has 31 heavy (non-hydrogen) atoms. The minimum atomic E-state index is -1.70. The van der Waals surface area contributed by atoms with E-state index in [4.69, 9.17) is 14.2 Å². The van der Waals surface area contributed by atoms with E-state index in [-0.39, 0.29) is 0 Å². The first kappa shape index (κ1) is 24.3. The lowest BCUT2D eigenvalue weighted by Gasteiger charge is -2.46. The zero-order valence-corrected chi connectivity index (χ0v) is 17.3. The second-order valence-corrected chi connectivity index (χ2v) is 8.00. The van der Waals surface area contributed by atoms with Crippen LogP contribution in [0.15, 0.2) is 18.2 Å². The summed E-state index contributed by atoms with van der Waals surface area (Å²) in [6.07, 6.45) is -14.2. The first-order chi connectivity index (χ1) is 14.7. The standard InChI is InChI=1S/C20H31NO10/c1-8-3-4-10(5-9(8)2)21-19-16(27)15(26)18(12(7-23)29-19)31-20-17(28)14(25)13(24)11(6-22)30-20/h3-5,11-28H,6-7H2,1-2H3/t11-,12+,13+,14+,15-,16-,17-,18+,19+,20-/m0/s1. The molecule has 8 N–H and O–H groups in total. The van der Waals surface area contributed by atoms with Crippen molar-refractivity contribution in [2.75, 3.05) is 18.5 Å². The third kappa shape index (κ3) is 5.01. The second-order valence-electron chi connectivity index (χ2n) is 8.00. The predicted octanol–water partition coefficient (Wildman–Crippen LogP) is -2.66. The Labute approximate surface area is 179 Å². The smallest absolute Gasteiger partial charge is 0.187 e. The molecule has 11 nitrogen and oxygen atoms in total. The maximum Gasteiger partial charge on any atom is 0.187 e. The Hall–Kier alpha value is -1.38. The van der Waals surface area contributed by atoms with Gasteiger partial charge in [-0.1, -0.05) is 6.07 Å². The Morgan fingerprint density at radius 2 is 1.48 bits per heavy atom. The van der Waals surface area contributed by atoms with E-state index < -0.39 is 74.6 Å². The highest BCUT2D eigenvalue weighted by Crippen LogP contribution is 2.30. The molecule has 0 bridgehead atoms. The number of anilines is 1. The average molecular weight is 445 g/mol. The normalized spacial score (nSPS) is 41.2. The summed E-state index contributed by atoms with van der Waals surface area (Å²) in [6, 6.07) is 5.52. The van der Waals surface area contributed by atoms with Gasteiger partial charge in [-0.15, -0.1) is 0 Å². The fraction of sp³-hybridized carbons (Fsp3) is 0.700. The van der Waals surface area contributed by atoms with Gasteiger partial charge in [-0.25, -0.2) is 0 Å². The van der Waals surface area contributed by atoms with E-state index in [9.17, 15) is 35.7 Å². The quantitative estimate of drug-likeness (QED) is 0.229. The van der Waals surface area contributed by atoms with Crippen LogP contribution in [-0.4, -0.2) is 110 Å². The maximum absolute atomic E-state index is 10.6. The molecule has 2 fully saturated rings. The third-order valence-corrected chi connectivity index (χ3v) is 5.82. The number of benzene rings is 1. The number of ether oxygens (including phenoxy) is 3. The molecule has 0 radical (unpaired) electrons. The molecule has 0 aliphatic carbocycles. The van der Waals surface area contributed by atoms with Crippen LogP contribution in [0.4, 0.5) is 5.69 Å². The largest absolute Gasteiger partial charge is 0.394 e. The number of hydrogen-bond acceptors (Lipinski definition) is 11. The Morgan fingerprint density at radius 1 is 0.806 bits per heavy atom. The molecule has 0 spiro atoms. The molecule has 0 aromatic heterocycles. The number of hydrogen-bond donors (Lipinski definition) is 8. The van der Waals surface area contributed by atoms with Gasteiger partial charge in [0.05, 0.1) is 13.2 Å². The van der Waals surface area contributed by atoms with Crippen molar-refractivity contribution in [2.24, 2.45) is 0 Å². The molecule has 2 aliphatic heterocycles. The van der Waals surface area contributed by atoms with Crippen molar-refractivity contribution in [1.82, 2.24) is 0 Å². The van der Waals surface area contributed by atoms with Crippen molar-refractivity contribution in [3.8, 4) is 0 Å². The highest BCUT2D eigenvalue weighted by Gasteiger charge is 2.50. The minimum Gasteiger partial charge on any atom is -0.394 e. The van der Waals surface area contributed by atoms with Crippen molar-refractivity contribution in [3.05, 3.63) is 29.3 Å². The van der Waals surface area contributed by atoms with E-state index in [1.165, 1.54) is 0 Å². The van der Waals surface area contributed by atoms with Gasteiger partial charge >= 0.3 is 0 Å². The summed E-state index contributed by atoms with van der Waals surface area (Å²) < 4.78 is 16.5. The van der Waals surface area contributed by atoms with Crippen molar-refractivity contribution < 1.29 is 50.0 Å². The van der Waals surface area contributed by atoms with Crippen LogP contribution in [0, 0.1) is 13.8 Å². The summed E-state index contributed by atoms with van der Waals surface area (Å²) in [5, 5.41) is 73.2. The van der Waals surface area contributed by atoms with Crippen LogP contribution < -0.4 is 5.32 Å². The predicted molar refractivity (Wildman–Crippen MR) is 106 cm³/mol. The highest BCUT2D eigenvalue weighted by atomic mass is 16.7. The topological polar surface area (TPSA) is 181 Å². The summed E-state index contributed by atoms with van der Waals surface area (Å²) in [5.41, 5.74) is 2.74. The molecule has 10 atom stereocenters. The Bertz CT molecular complexity index is 732. The number of aryl methyl sites for hydroxylation is 2. The van der Waals surface area contributed by atoms with E-state index in [1.54, 1.807) is 6.07 Å². The van der Waals surface area contributed by atoms with E-state index in [0.29, 0.717) is 5.69 Å². The van der Waals surface area contributed by atoms with Gasteiger partial charge in [0, 0.05) is 5.69 Å². The number of aliphatic hydroxyl groups is 7. The molecule has 3 rings (SSSR count). The molecule has 11 heteroatoms. The maximum atomic E-state index is 10.6. The van der Waals surface area contributed by atoms with Crippen LogP contribution >= 0.6 is 0 Å². The Morgan fingerprint density at radius 3 is 2.10 bits per heavy atom. The van der Waals surface area contributed by atoms with Crippen molar-refractivity contribution in [2.45, 2.75) is 75.2 Å². The second kappa shape index (κ2) is 10.0. The van der Waals surface area contributed by atoms with Crippen LogP contribution in [0.5, 0.6) is 0 Å². The number of rotatable bonds is 6. The van der Waals surface area contributed by atoms with Crippen LogP contribution in [0.25, 0.3) is 0 Å². The van der Waals surface area contributed by atoms with Gasteiger partial charge < -0.3 is 55.3 Å². The molecule has 1 aromatic carbocycles. The lowest BCUT2D eigenvalue weighted by molar-refractivity contribution is -0.340. The molecular formula is C20H31NO10. The molecular weight excluding hydrogens is 414 g/mol. The van der Waals surface area contributed by atoms with E-state index in [2.05, 4.69) is 5.32 Å². The minimum absolute atomic E-state index is 0.586. The SMILES string of the molecule is Cc1ccc(N[C@@H]2O[C@H](CO)[C@@H](O[C@@H]3O[C@@H](CO)[C@@H](O)[C@@H](O)[C@@H]3O)[C@@H](O)[C@@H]2O)cc1C. The molecule has 2 heterocycles. The van der Waals surface area contributed by atoms with Gasteiger partial charge in [-0.3, -0.25) is 0 Å². The number of aliphatic hydroxyl groups excluding tert-OH is 7. The van der Waals surface area contributed by atoms with Crippen LogP contribution in [-0.2, 0) is 14.2 Å². The monoisotopic (exact) mass is 445 g/mol. The lowest BCUT2D eigenvalue weighted by Crippen LogP contribution is -2.65. The highest BCUT2D eigenvalue weighted by molar-refractivity contribution is 5.48. The molecule has 176 valence electrons. The molecule has 0 unspecified atom stereocenters. The zero-order chi connectivity index (χ0) is 22.9. The van der Waals surface area contributed by atoms with Gasteiger partial charge in [0.25, 0.3) is 0 Å². The van der Waals surface area contributed by atoms with Crippen LogP contribution in [0.1, 0.15) is 11.1 Å². The number of nitrogens with one attached hydrogen (secondary N) is 1. The van der Waals surface area contributed by atoms with Gasteiger partial charge in [0.15, 0.2) is 12.5 Å². The van der Waals surface area contributed by atoms with Gasteiger partial charge in [-0.05, 0) is 37.1 Å². The molecule has 1 aromatic rings. The summed E-state index contributed by atoms with van der Waals surface area (Å²) >= 11 is 0. The van der Waals surface area contributed by atoms with Crippen LogP contribution in [0.3, 0.4) is 0 Å². The third-order valence-electron chi connectivity index (χ3n) is 5.82. The van der Waals surface area contributed by atoms with E-state index >= 15 is 0 Å². The molecule has 0 saturated carbocycles. The van der Waals surface area contributed by atoms with E-state index in [1.807, 2.05) is 26.0 Å². The van der Waals surface area contributed by atoms with Crippen molar-refractivity contribution >= 4 is 5.69 Å². The molecule has 2 aliphatic rings. The molecule has 2 saturated heterocycles. The Kier molecular flexibility index (Phi) is 7.86. The average Bonchev–Trinajstić information content (AvgIpc) is 2.75. The van der Waals surface area contributed by atoms with Crippen LogP contribution in [0.2, 0.25) is 0 Å². The lowest BCUT2D eigenvalue weighted by atomic mass is 9.96. The summed E-state index contributed by atoms with van der Waals surface area (Å²) in [5.74, 6) is 0. The van der Waals surface area contributed by atoms with Gasteiger partial charge in [0.1, 0.15) is 48.8 Å². The van der Waals surface area contributed by atoms with E-state index in [0.717, 1.165) is 11.1 Å². The first-order valence-corrected chi connectivity index (χ1v) is 10.1. The molecule has 0 amide bonds. The Balaban J connectivity index is 1.72. The first-order valence-electron chi connectivity index (χ1n) is 10.1. The zero-order valence-electron chi connectivity index (χ0n) is 17.3. The van der Waals surface area contributed by atoms with Gasteiger partial charge in [-0.2, -0.15) is 0 Å². The fourth-order valence-corrected chi connectivity index (χ4v) is 3.70. The van der Waals surface area contributed by atoms with Gasteiger partial charge in [0.2, 0.25) is 0 Å².